The summed E-state index contributed by atoms with van der Waals surface area (Å²) in [5.41, 5.74) is 0.786. The van der Waals surface area contributed by atoms with Gasteiger partial charge in [-0.25, -0.2) is 8.42 Å². The van der Waals surface area contributed by atoms with Crippen LogP contribution in [0.25, 0.3) is 0 Å². The van der Waals surface area contributed by atoms with Gasteiger partial charge in [-0.1, -0.05) is 30.3 Å². The molecule has 0 bridgehead atoms. The van der Waals surface area contributed by atoms with Gasteiger partial charge in [-0.2, -0.15) is 0 Å². The summed E-state index contributed by atoms with van der Waals surface area (Å²) >= 11 is 0. The molecular formula is C17H23NO5S. The average molecular weight is 353 g/mol. The highest BCUT2D eigenvalue weighted by Gasteiger charge is 2.31. The van der Waals surface area contributed by atoms with Crippen LogP contribution in [0.1, 0.15) is 31.2 Å². The van der Waals surface area contributed by atoms with Gasteiger partial charge in [0.1, 0.15) is 0 Å². The van der Waals surface area contributed by atoms with Gasteiger partial charge in [0.15, 0.2) is 9.84 Å². The summed E-state index contributed by atoms with van der Waals surface area (Å²) in [4.78, 5) is 24.8. The maximum absolute atomic E-state index is 12.5. The second-order valence-electron chi connectivity index (χ2n) is 5.95. The lowest BCUT2D eigenvalue weighted by Crippen LogP contribution is -2.42. The number of carbonyl (C=O) groups excluding carboxylic acids is 2. The lowest BCUT2D eigenvalue weighted by atomic mass is 10.1. The van der Waals surface area contributed by atoms with Crippen molar-refractivity contribution in [2.24, 2.45) is 0 Å². The molecule has 0 atom stereocenters. The highest BCUT2D eigenvalue weighted by Crippen LogP contribution is 2.22. The lowest BCUT2D eigenvalue weighted by molar-refractivity contribution is -0.143. The summed E-state index contributed by atoms with van der Waals surface area (Å²) in [7, 11) is -1.94. The van der Waals surface area contributed by atoms with Crippen LogP contribution in [0.3, 0.4) is 0 Å². The molecule has 1 fully saturated rings. The van der Waals surface area contributed by atoms with Gasteiger partial charge in [-0.15, -0.1) is 0 Å². The molecule has 1 aromatic rings. The fourth-order valence-electron chi connectivity index (χ4n) is 2.86. The largest absolute Gasteiger partial charge is 0.469 e. The molecule has 0 aliphatic carbocycles. The van der Waals surface area contributed by atoms with Crippen molar-refractivity contribution in [3.05, 3.63) is 35.9 Å². The number of hydrogen-bond donors (Lipinski definition) is 0. The van der Waals surface area contributed by atoms with Crippen LogP contribution in [-0.2, 0) is 29.9 Å². The maximum Gasteiger partial charge on any atom is 0.306 e. The first-order valence-electron chi connectivity index (χ1n) is 8.02. The van der Waals surface area contributed by atoms with Gasteiger partial charge in [0, 0.05) is 19.5 Å². The summed E-state index contributed by atoms with van der Waals surface area (Å²) in [5, 5.41) is -0.414. The Kier molecular flexibility index (Phi) is 6.36. The van der Waals surface area contributed by atoms with Crippen LogP contribution in [0.5, 0.6) is 0 Å². The normalized spacial score (nSPS) is 16.0. The molecule has 7 heteroatoms. The topological polar surface area (TPSA) is 80.8 Å². The van der Waals surface area contributed by atoms with Gasteiger partial charge in [0.25, 0.3) is 0 Å². The molecule has 0 saturated carbocycles. The van der Waals surface area contributed by atoms with E-state index in [9.17, 15) is 18.0 Å². The van der Waals surface area contributed by atoms with Gasteiger partial charge >= 0.3 is 5.97 Å². The first-order chi connectivity index (χ1) is 11.4. The van der Waals surface area contributed by atoms with E-state index in [1.165, 1.54) is 7.11 Å². The van der Waals surface area contributed by atoms with E-state index in [0.29, 0.717) is 25.9 Å². The molecule has 1 amide bonds. The summed E-state index contributed by atoms with van der Waals surface area (Å²) in [6.07, 6.45) is 1.05. The molecule has 1 aromatic carbocycles. The SMILES string of the molecule is COC(=O)CCC(=O)N1CCC(S(=O)(=O)Cc2ccccc2)CC1. The number of esters is 1. The number of likely N-dealkylation sites (tertiary alicyclic amines) is 1. The van der Waals surface area contributed by atoms with E-state index < -0.39 is 21.1 Å². The molecule has 1 saturated heterocycles. The molecule has 132 valence electrons. The number of amides is 1. The zero-order chi connectivity index (χ0) is 17.6. The fraction of sp³-hybridized carbons (Fsp3) is 0.529. The first-order valence-corrected chi connectivity index (χ1v) is 9.74. The van der Waals surface area contributed by atoms with Gasteiger partial charge in [-0.05, 0) is 18.4 Å². The second kappa shape index (κ2) is 8.28. The van der Waals surface area contributed by atoms with Crippen molar-refractivity contribution in [3.8, 4) is 0 Å². The summed E-state index contributed by atoms with van der Waals surface area (Å²) in [5.74, 6) is -0.502. The van der Waals surface area contributed by atoms with Gasteiger partial charge < -0.3 is 9.64 Å². The minimum atomic E-state index is -3.23. The number of ether oxygens (including phenoxy) is 1. The van der Waals surface area contributed by atoms with E-state index in [4.69, 9.17) is 0 Å². The van der Waals surface area contributed by atoms with E-state index in [2.05, 4.69) is 4.74 Å². The molecule has 0 aromatic heterocycles. The Morgan fingerprint density at radius 3 is 2.33 bits per heavy atom. The molecule has 24 heavy (non-hydrogen) atoms. The van der Waals surface area contributed by atoms with E-state index in [1.807, 2.05) is 30.3 Å². The molecule has 0 unspecified atom stereocenters. The Morgan fingerprint density at radius 1 is 1.12 bits per heavy atom. The Morgan fingerprint density at radius 2 is 1.75 bits per heavy atom. The minimum absolute atomic E-state index is 0.0365. The number of methoxy groups -OCH3 is 1. The third-order valence-corrected chi connectivity index (χ3v) is 6.51. The molecule has 2 rings (SSSR count). The number of carbonyl (C=O) groups is 2. The van der Waals surface area contributed by atoms with E-state index >= 15 is 0 Å². The number of piperidine rings is 1. The van der Waals surface area contributed by atoms with Gasteiger partial charge in [0.05, 0.1) is 24.5 Å². The van der Waals surface area contributed by atoms with E-state index in [-0.39, 0.29) is 24.5 Å². The zero-order valence-corrected chi connectivity index (χ0v) is 14.6. The Labute approximate surface area is 142 Å². The maximum atomic E-state index is 12.5. The van der Waals surface area contributed by atoms with Crippen molar-refractivity contribution in [1.82, 2.24) is 4.90 Å². The standard InChI is InChI=1S/C17H23NO5S/c1-23-17(20)8-7-16(19)18-11-9-15(10-12-18)24(21,22)13-14-5-3-2-4-6-14/h2-6,15H,7-13H2,1H3. The molecule has 1 aliphatic heterocycles. The van der Waals surface area contributed by atoms with Crippen LogP contribution in [0, 0.1) is 0 Å². The van der Waals surface area contributed by atoms with Gasteiger partial charge in [-0.3, -0.25) is 9.59 Å². The molecule has 1 heterocycles. The Hall–Kier alpha value is -1.89. The Bertz CT molecular complexity index is 663. The number of benzene rings is 1. The molecular weight excluding hydrogens is 330 g/mol. The highest BCUT2D eigenvalue weighted by atomic mass is 32.2. The molecule has 0 radical (unpaired) electrons. The van der Waals surface area contributed by atoms with Crippen molar-refractivity contribution < 1.29 is 22.7 Å². The number of nitrogens with zero attached hydrogens (tertiary/aromatic N) is 1. The van der Waals surface area contributed by atoms with Crippen molar-refractivity contribution in [2.75, 3.05) is 20.2 Å². The van der Waals surface area contributed by atoms with Crippen molar-refractivity contribution in [2.45, 2.75) is 36.7 Å². The fourth-order valence-corrected chi connectivity index (χ4v) is 4.68. The number of hydrogen-bond acceptors (Lipinski definition) is 5. The molecule has 0 spiro atoms. The molecule has 0 N–H and O–H groups in total. The number of sulfone groups is 1. The van der Waals surface area contributed by atoms with Crippen LogP contribution in [0.15, 0.2) is 30.3 Å². The van der Waals surface area contributed by atoms with Crippen molar-refractivity contribution >= 4 is 21.7 Å². The van der Waals surface area contributed by atoms with Crippen LogP contribution in [0.4, 0.5) is 0 Å². The predicted octanol–water partition coefficient (Wildman–Crippen LogP) is 1.55. The van der Waals surface area contributed by atoms with Crippen LogP contribution >= 0.6 is 0 Å². The summed E-state index contributed by atoms with van der Waals surface area (Å²) in [6, 6.07) is 9.13. The van der Waals surface area contributed by atoms with Crippen molar-refractivity contribution in [3.63, 3.8) is 0 Å². The van der Waals surface area contributed by atoms with E-state index in [1.54, 1.807) is 4.90 Å². The third-order valence-electron chi connectivity index (χ3n) is 4.28. The average Bonchev–Trinajstić information content (AvgIpc) is 2.60. The number of rotatable bonds is 6. The monoisotopic (exact) mass is 353 g/mol. The highest BCUT2D eigenvalue weighted by molar-refractivity contribution is 7.91. The second-order valence-corrected chi connectivity index (χ2v) is 8.23. The van der Waals surface area contributed by atoms with Crippen molar-refractivity contribution in [1.29, 1.82) is 0 Å². The molecule has 1 aliphatic rings. The predicted molar refractivity (Wildman–Crippen MR) is 89.9 cm³/mol. The van der Waals surface area contributed by atoms with E-state index in [0.717, 1.165) is 5.56 Å². The van der Waals surface area contributed by atoms with Crippen LogP contribution in [-0.4, -0.2) is 50.6 Å². The third kappa shape index (κ3) is 5.06. The first kappa shape index (κ1) is 18.4. The smallest absolute Gasteiger partial charge is 0.306 e. The quantitative estimate of drug-likeness (QED) is 0.725. The molecule has 6 nitrogen and oxygen atoms in total. The summed E-state index contributed by atoms with van der Waals surface area (Å²) < 4.78 is 29.6. The van der Waals surface area contributed by atoms with Crippen LogP contribution in [0.2, 0.25) is 0 Å². The Balaban J connectivity index is 1.85. The minimum Gasteiger partial charge on any atom is -0.469 e. The van der Waals surface area contributed by atoms with Gasteiger partial charge in [0.2, 0.25) is 5.91 Å². The summed E-state index contributed by atoms with van der Waals surface area (Å²) in [6.45, 7) is 0.831. The lowest BCUT2D eigenvalue weighted by Gasteiger charge is -2.31. The zero-order valence-electron chi connectivity index (χ0n) is 13.8. The van der Waals surface area contributed by atoms with Crippen LogP contribution < -0.4 is 0 Å².